The monoisotopic (exact) mass is 317 g/mol. The first-order valence-corrected chi connectivity index (χ1v) is 7.93. The zero-order valence-electron chi connectivity index (χ0n) is 13.7. The van der Waals surface area contributed by atoms with Gasteiger partial charge in [0.2, 0.25) is 0 Å². The summed E-state index contributed by atoms with van der Waals surface area (Å²) in [5.41, 5.74) is 0.972. The van der Waals surface area contributed by atoms with Crippen molar-refractivity contribution in [2.75, 3.05) is 32.1 Å². The Hall–Kier alpha value is -2.26. The van der Waals surface area contributed by atoms with Crippen LogP contribution in [0, 0.1) is 11.3 Å². The molecule has 23 heavy (non-hydrogen) atoms. The van der Waals surface area contributed by atoms with Crippen LogP contribution in [-0.4, -0.2) is 43.8 Å². The number of hydrogen-bond donors (Lipinski definition) is 1. The van der Waals surface area contributed by atoms with Gasteiger partial charge in [-0.2, -0.15) is 5.26 Å². The predicted molar refractivity (Wildman–Crippen MR) is 87.6 cm³/mol. The minimum atomic E-state index is -0.185. The molecule has 0 aromatic heterocycles. The Morgan fingerprint density at radius 1 is 1.52 bits per heavy atom. The van der Waals surface area contributed by atoms with Gasteiger partial charge in [0.25, 0.3) is 0 Å². The number of anilines is 1. The minimum Gasteiger partial charge on any atom is -0.495 e. The molecule has 1 aromatic rings. The fourth-order valence-electron chi connectivity index (χ4n) is 2.63. The first kappa shape index (κ1) is 17.1. The summed E-state index contributed by atoms with van der Waals surface area (Å²) in [6.07, 6.45) is 3.34. The quantitative estimate of drug-likeness (QED) is 0.906. The molecule has 1 aromatic carbocycles. The van der Waals surface area contributed by atoms with Crippen LogP contribution < -0.4 is 10.1 Å². The standard InChI is InChI=1S/C17H23N3O3/c1-3-20(12-15-6-4-5-9-23-15)17(21)19-14-7-8-16(22-2)13(10-14)11-18/h7-8,10,15H,3-6,9,12H2,1-2H3,(H,19,21)/t15-/m0/s1. The highest BCUT2D eigenvalue weighted by Gasteiger charge is 2.20. The molecule has 0 spiro atoms. The molecule has 0 aliphatic carbocycles. The maximum Gasteiger partial charge on any atom is 0.321 e. The molecule has 1 N–H and O–H groups in total. The van der Waals surface area contributed by atoms with E-state index in [1.165, 1.54) is 7.11 Å². The Balaban J connectivity index is 2.00. The number of rotatable bonds is 5. The lowest BCUT2D eigenvalue weighted by molar-refractivity contribution is 0.00221. The molecular weight excluding hydrogens is 294 g/mol. The van der Waals surface area contributed by atoms with Gasteiger partial charge in [-0.15, -0.1) is 0 Å². The van der Waals surface area contributed by atoms with Gasteiger partial charge in [0, 0.05) is 25.4 Å². The molecule has 0 radical (unpaired) electrons. The van der Waals surface area contributed by atoms with Crippen molar-refractivity contribution in [1.82, 2.24) is 4.90 Å². The Bertz CT molecular complexity index is 577. The van der Waals surface area contributed by atoms with E-state index in [0.29, 0.717) is 30.1 Å². The van der Waals surface area contributed by atoms with Crippen LogP contribution in [0.1, 0.15) is 31.7 Å². The highest BCUT2D eigenvalue weighted by atomic mass is 16.5. The molecule has 1 aliphatic rings. The van der Waals surface area contributed by atoms with Gasteiger partial charge in [0.05, 0.1) is 18.8 Å². The number of benzene rings is 1. The normalized spacial score (nSPS) is 17.2. The number of methoxy groups -OCH3 is 1. The van der Waals surface area contributed by atoms with E-state index in [2.05, 4.69) is 11.4 Å². The van der Waals surface area contributed by atoms with Crippen molar-refractivity contribution in [3.8, 4) is 11.8 Å². The third-order valence-corrected chi connectivity index (χ3v) is 3.94. The van der Waals surface area contributed by atoms with Crippen molar-refractivity contribution in [1.29, 1.82) is 5.26 Å². The van der Waals surface area contributed by atoms with Gasteiger partial charge in [0.1, 0.15) is 11.8 Å². The fraction of sp³-hybridized carbons (Fsp3) is 0.529. The van der Waals surface area contributed by atoms with Crippen molar-refractivity contribution in [2.45, 2.75) is 32.3 Å². The van der Waals surface area contributed by atoms with Crippen LogP contribution in [0.15, 0.2) is 18.2 Å². The Morgan fingerprint density at radius 2 is 2.35 bits per heavy atom. The molecule has 0 saturated carbocycles. The second-order valence-electron chi connectivity index (χ2n) is 5.48. The van der Waals surface area contributed by atoms with Gasteiger partial charge in [-0.1, -0.05) is 0 Å². The average Bonchev–Trinajstić information content (AvgIpc) is 2.60. The summed E-state index contributed by atoms with van der Waals surface area (Å²) >= 11 is 0. The molecule has 1 fully saturated rings. The van der Waals surface area contributed by atoms with Crippen molar-refractivity contribution >= 4 is 11.7 Å². The van der Waals surface area contributed by atoms with Crippen LogP contribution in [-0.2, 0) is 4.74 Å². The number of likely N-dealkylation sites (N-methyl/N-ethyl adjacent to an activating group) is 1. The first-order chi connectivity index (χ1) is 11.2. The number of urea groups is 1. The van der Waals surface area contributed by atoms with E-state index in [9.17, 15) is 4.79 Å². The molecule has 1 aliphatic heterocycles. The third-order valence-electron chi connectivity index (χ3n) is 3.94. The van der Waals surface area contributed by atoms with E-state index in [-0.39, 0.29) is 12.1 Å². The van der Waals surface area contributed by atoms with Crippen LogP contribution >= 0.6 is 0 Å². The lowest BCUT2D eigenvalue weighted by Gasteiger charge is -2.29. The Morgan fingerprint density at radius 3 is 2.96 bits per heavy atom. The van der Waals surface area contributed by atoms with Crippen LogP contribution in [0.25, 0.3) is 0 Å². The highest BCUT2D eigenvalue weighted by molar-refractivity contribution is 5.89. The van der Waals surface area contributed by atoms with E-state index < -0.39 is 0 Å². The highest BCUT2D eigenvalue weighted by Crippen LogP contribution is 2.22. The number of nitrogens with zero attached hydrogens (tertiary/aromatic N) is 2. The molecular formula is C17H23N3O3. The van der Waals surface area contributed by atoms with Crippen molar-refractivity contribution in [2.24, 2.45) is 0 Å². The summed E-state index contributed by atoms with van der Waals surface area (Å²) in [6, 6.07) is 6.89. The smallest absolute Gasteiger partial charge is 0.321 e. The fourth-order valence-corrected chi connectivity index (χ4v) is 2.63. The number of carbonyl (C=O) groups excluding carboxylic acids is 1. The second kappa shape index (κ2) is 8.39. The first-order valence-electron chi connectivity index (χ1n) is 7.93. The molecule has 0 unspecified atom stereocenters. The summed E-state index contributed by atoms with van der Waals surface area (Å²) < 4.78 is 10.8. The molecule has 1 saturated heterocycles. The van der Waals surface area contributed by atoms with Gasteiger partial charge >= 0.3 is 6.03 Å². The number of hydrogen-bond acceptors (Lipinski definition) is 4. The summed E-state index contributed by atoms with van der Waals surface area (Å²) in [6.45, 7) is 3.90. The maximum atomic E-state index is 12.4. The van der Waals surface area contributed by atoms with Crippen molar-refractivity contribution in [3.05, 3.63) is 23.8 Å². The van der Waals surface area contributed by atoms with Gasteiger partial charge in [-0.05, 0) is 44.4 Å². The van der Waals surface area contributed by atoms with Gasteiger partial charge < -0.3 is 19.7 Å². The van der Waals surface area contributed by atoms with E-state index in [1.807, 2.05) is 6.92 Å². The summed E-state index contributed by atoms with van der Waals surface area (Å²) in [7, 11) is 1.51. The zero-order valence-corrected chi connectivity index (χ0v) is 13.7. The zero-order chi connectivity index (χ0) is 16.7. The number of nitrogens with one attached hydrogen (secondary N) is 1. The van der Waals surface area contributed by atoms with Gasteiger partial charge in [0.15, 0.2) is 0 Å². The second-order valence-corrected chi connectivity index (χ2v) is 5.48. The van der Waals surface area contributed by atoms with Gasteiger partial charge in [-0.3, -0.25) is 0 Å². The van der Waals surface area contributed by atoms with Crippen molar-refractivity contribution in [3.63, 3.8) is 0 Å². The maximum absolute atomic E-state index is 12.4. The molecule has 1 atom stereocenters. The van der Waals surface area contributed by atoms with Gasteiger partial charge in [-0.25, -0.2) is 4.79 Å². The number of amides is 2. The molecule has 2 amide bonds. The van der Waals surface area contributed by atoms with Crippen molar-refractivity contribution < 1.29 is 14.3 Å². The molecule has 124 valence electrons. The van der Waals surface area contributed by atoms with E-state index in [0.717, 1.165) is 25.9 Å². The summed E-state index contributed by atoms with van der Waals surface area (Å²) in [5, 5.41) is 11.9. The lowest BCUT2D eigenvalue weighted by Crippen LogP contribution is -2.41. The average molecular weight is 317 g/mol. The lowest BCUT2D eigenvalue weighted by atomic mass is 10.1. The van der Waals surface area contributed by atoms with Crippen LogP contribution in [0.4, 0.5) is 10.5 Å². The molecule has 2 rings (SSSR count). The van der Waals surface area contributed by atoms with Crippen LogP contribution in [0.3, 0.4) is 0 Å². The Kier molecular flexibility index (Phi) is 6.24. The SMILES string of the molecule is CCN(C[C@@H]1CCCCO1)C(=O)Nc1ccc(OC)c(C#N)c1. The Labute approximate surface area is 137 Å². The largest absolute Gasteiger partial charge is 0.495 e. The topological polar surface area (TPSA) is 74.6 Å². The van der Waals surface area contributed by atoms with E-state index in [1.54, 1.807) is 23.1 Å². The van der Waals surface area contributed by atoms with E-state index >= 15 is 0 Å². The minimum absolute atomic E-state index is 0.111. The molecule has 6 heteroatoms. The molecule has 6 nitrogen and oxygen atoms in total. The number of ether oxygens (including phenoxy) is 2. The predicted octanol–water partition coefficient (Wildman–Crippen LogP) is 2.99. The van der Waals surface area contributed by atoms with Crippen LogP contribution in [0.5, 0.6) is 5.75 Å². The van der Waals surface area contributed by atoms with Crippen LogP contribution in [0.2, 0.25) is 0 Å². The molecule has 0 bridgehead atoms. The molecule has 1 heterocycles. The number of nitriles is 1. The third kappa shape index (κ3) is 4.60. The summed E-state index contributed by atoms with van der Waals surface area (Å²) in [5.74, 6) is 0.494. The summed E-state index contributed by atoms with van der Waals surface area (Å²) in [4.78, 5) is 14.1. The number of carbonyl (C=O) groups is 1. The van der Waals surface area contributed by atoms with E-state index in [4.69, 9.17) is 14.7 Å².